The third kappa shape index (κ3) is 6.25. The van der Waals surface area contributed by atoms with Gasteiger partial charge < -0.3 is 24.7 Å². The lowest BCUT2D eigenvalue weighted by Gasteiger charge is -2.32. The summed E-state index contributed by atoms with van der Waals surface area (Å²) < 4.78 is 10.8. The predicted octanol–water partition coefficient (Wildman–Crippen LogP) is 3.22. The van der Waals surface area contributed by atoms with E-state index in [0.29, 0.717) is 17.9 Å². The van der Waals surface area contributed by atoms with Crippen molar-refractivity contribution in [1.29, 1.82) is 0 Å². The normalized spacial score (nSPS) is 14.3. The Balaban J connectivity index is 1.87. The average molecular weight is 454 g/mol. The summed E-state index contributed by atoms with van der Waals surface area (Å²) >= 11 is 0. The number of amides is 3. The van der Waals surface area contributed by atoms with E-state index in [1.807, 2.05) is 19.1 Å². The highest BCUT2D eigenvalue weighted by Crippen LogP contribution is 2.31. The summed E-state index contributed by atoms with van der Waals surface area (Å²) in [7, 11) is 0. The molecule has 0 radical (unpaired) electrons. The van der Waals surface area contributed by atoms with Crippen LogP contribution in [0.15, 0.2) is 59.7 Å². The van der Waals surface area contributed by atoms with Crippen LogP contribution in [0, 0.1) is 0 Å². The minimum Gasteiger partial charge on any atom is -0.494 e. The second kappa shape index (κ2) is 11.9. The Morgan fingerprint density at radius 3 is 2.64 bits per heavy atom. The molecule has 3 amide bonds. The van der Waals surface area contributed by atoms with Gasteiger partial charge in [0.05, 0.1) is 19.4 Å². The van der Waals surface area contributed by atoms with Gasteiger partial charge >= 0.3 is 0 Å². The molecule has 0 unspecified atom stereocenters. The molecular weight excluding hydrogens is 422 g/mol. The van der Waals surface area contributed by atoms with E-state index in [1.54, 1.807) is 24.3 Å². The summed E-state index contributed by atoms with van der Waals surface area (Å²) in [4.78, 5) is 40.4. The smallest absolute Gasteiger partial charge is 0.287 e. The van der Waals surface area contributed by atoms with Gasteiger partial charge in [-0.25, -0.2) is 0 Å². The summed E-state index contributed by atoms with van der Waals surface area (Å²) in [5, 5.41) is 5.66. The predicted molar refractivity (Wildman–Crippen MR) is 124 cm³/mol. The van der Waals surface area contributed by atoms with Crippen molar-refractivity contribution in [3.05, 3.63) is 66.6 Å². The van der Waals surface area contributed by atoms with Crippen molar-refractivity contribution in [3.8, 4) is 5.75 Å². The second-order valence-electron chi connectivity index (χ2n) is 7.86. The van der Waals surface area contributed by atoms with Crippen LogP contribution in [-0.4, -0.2) is 48.4 Å². The molecule has 0 spiro atoms. The first-order valence-corrected chi connectivity index (χ1v) is 11.3. The first kappa shape index (κ1) is 24.1. The Morgan fingerprint density at radius 2 is 1.97 bits per heavy atom. The van der Waals surface area contributed by atoms with Crippen LogP contribution in [0.3, 0.4) is 0 Å². The molecule has 0 aliphatic heterocycles. The topological polar surface area (TPSA) is 101 Å². The molecule has 8 nitrogen and oxygen atoms in total. The maximum absolute atomic E-state index is 13.5. The summed E-state index contributed by atoms with van der Waals surface area (Å²) in [6.07, 6.45) is 6.92. The van der Waals surface area contributed by atoms with Crippen LogP contribution in [0.25, 0.3) is 0 Å². The van der Waals surface area contributed by atoms with Crippen LogP contribution in [0.4, 0.5) is 0 Å². The van der Waals surface area contributed by atoms with Gasteiger partial charge in [-0.2, -0.15) is 0 Å². The van der Waals surface area contributed by atoms with Crippen LogP contribution in [0.5, 0.6) is 5.75 Å². The first-order chi connectivity index (χ1) is 16.0. The van der Waals surface area contributed by atoms with E-state index in [4.69, 9.17) is 9.15 Å². The number of para-hydroxylation sites is 1. The number of carbonyl (C=O) groups excluding carboxylic acids is 3. The van der Waals surface area contributed by atoms with Gasteiger partial charge in [0.2, 0.25) is 11.8 Å². The third-order valence-electron chi connectivity index (χ3n) is 5.57. The van der Waals surface area contributed by atoms with Gasteiger partial charge in [0.1, 0.15) is 11.8 Å². The van der Waals surface area contributed by atoms with E-state index in [0.717, 1.165) is 25.7 Å². The van der Waals surface area contributed by atoms with E-state index in [9.17, 15) is 14.4 Å². The number of nitrogens with zero attached hydrogens (tertiary/aromatic N) is 1. The van der Waals surface area contributed by atoms with Gasteiger partial charge in [0.15, 0.2) is 5.76 Å². The second-order valence-corrected chi connectivity index (χ2v) is 7.86. The number of carbonyl (C=O) groups is 3. The molecule has 0 saturated heterocycles. The minimum atomic E-state index is -0.931. The van der Waals surface area contributed by atoms with E-state index >= 15 is 0 Å². The Bertz CT molecular complexity index is 951. The zero-order valence-corrected chi connectivity index (χ0v) is 18.9. The van der Waals surface area contributed by atoms with E-state index in [1.165, 1.54) is 17.2 Å². The highest BCUT2D eigenvalue weighted by Gasteiger charge is 2.34. The molecule has 1 aromatic heterocycles. The van der Waals surface area contributed by atoms with Gasteiger partial charge in [0.25, 0.3) is 5.91 Å². The fraction of sp³-hybridized carbons (Fsp3) is 0.400. The molecule has 1 heterocycles. The zero-order valence-electron chi connectivity index (χ0n) is 18.9. The first-order valence-electron chi connectivity index (χ1n) is 11.3. The molecule has 3 rings (SSSR count). The molecule has 1 atom stereocenters. The van der Waals surface area contributed by atoms with Gasteiger partial charge in [0, 0.05) is 18.2 Å². The maximum Gasteiger partial charge on any atom is 0.287 e. The van der Waals surface area contributed by atoms with Crippen molar-refractivity contribution in [1.82, 2.24) is 15.5 Å². The van der Waals surface area contributed by atoms with Crippen LogP contribution in [0.2, 0.25) is 0 Å². The number of ether oxygens (including phenoxy) is 1. The SMILES string of the molecule is C=CCN(C(=O)CNC(=O)c1ccco1)[C@@H](C(=O)NC1CCCC1)c1ccccc1OCC. The largest absolute Gasteiger partial charge is 0.494 e. The third-order valence-corrected chi connectivity index (χ3v) is 5.57. The number of rotatable bonds is 11. The Labute approximate surface area is 194 Å². The van der Waals surface area contributed by atoms with Crippen LogP contribution < -0.4 is 15.4 Å². The lowest BCUT2D eigenvalue weighted by Crippen LogP contribution is -2.49. The van der Waals surface area contributed by atoms with Crippen molar-refractivity contribution in [2.45, 2.75) is 44.7 Å². The molecule has 2 aromatic rings. The van der Waals surface area contributed by atoms with Crippen molar-refractivity contribution in [2.24, 2.45) is 0 Å². The highest BCUT2D eigenvalue weighted by molar-refractivity contribution is 5.95. The van der Waals surface area contributed by atoms with Crippen LogP contribution >= 0.6 is 0 Å². The van der Waals surface area contributed by atoms with Crippen LogP contribution in [-0.2, 0) is 9.59 Å². The standard InChI is InChI=1S/C25H31N3O5/c1-3-15-28(22(29)17-26-24(30)21-14-9-16-33-21)23(25(31)27-18-10-5-6-11-18)19-12-7-8-13-20(19)32-4-2/h3,7-9,12-14,16,18,23H,1,4-6,10-11,15,17H2,2H3,(H,26,30)(H,27,31)/t23-/m1/s1. The Kier molecular flexibility index (Phi) is 8.69. The highest BCUT2D eigenvalue weighted by atomic mass is 16.5. The van der Waals surface area contributed by atoms with Crippen molar-refractivity contribution in [3.63, 3.8) is 0 Å². The van der Waals surface area contributed by atoms with Crippen molar-refractivity contribution >= 4 is 17.7 Å². The molecule has 1 aliphatic rings. The summed E-state index contributed by atoms with van der Waals surface area (Å²) in [6, 6.07) is 9.45. The van der Waals surface area contributed by atoms with Crippen molar-refractivity contribution < 1.29 is 23.5 Å². The molecule has 0 bridgehead atoms. The molecular formula is C25H31N3O5. The van der Waals surface area contributed by atoms with E-state index in [-0.39, 0.29) is 30.8 Å². The zero-order chi connectivity index (χ0) is 23.6. The van der Waals surface area contributed by atoms with E-state index in [2.05, 4.69) is 17.2 Å². The summed E-state index contributed by atoms with van der Waals surface area (Å²) in [5.41, 5.74) is 0.586. The molecule has 1 fully saturated rings. The molecule has 1 aromatic carbocycles. The molecule has 33 heavy (non-hydrogen) atoms. The molecule has 2 N–H and O–H groups in total. The van der Waals surface area contributed by atoms with Gasteiger partial charge in [-0.15, -0.1) is 6.58 Å². The molecule has 176 valence electrons. The lowest BCUT2D eigenvalue weighted by molar-refractivity contribution is -0.139. The van der Waals surface area contributed by atoms with Gasteiger partial charge in [-0.3, -0.25) is 14.4 Å². The Morgan fingerprint density at radius 1 is 1.21 bits per heavy atom. The van der Waals surface area contributed by atoms with Crippen molar-refractivity contribution in [2.75, 3.05) is 19.7 Å². The average Bonchev–Trinajstić information content (AvgIpc) is 3.53. The monoisotopic (exact) mass is 453 g/mol. The lowest BCUT2D eigenvalue weighted by atomic mass is 10.0. The number of benzene rings is 1. The molecule has 1 saturated carbocycles. The number of nitrogens with one attached hydrogen (secondary N) is 2. The fourth-order valence-corrected chi connectivity index (χ4v) is 4.04. The molecule has 1 aliphatic carbocycles. The minimum absolute atomic E-state index is 0.0820. The maximum atomic E-state index is 13.5. The fourth-order valence-electron chi connectivity index (χ4n) is 4.04. The Hall–Kier alpha value is -3.55. The molecule has 8 heteroatoms. The van der Waals surface area contributed by atoms with Gasteiger partial charge in [-0.1, -0.05) is 37.1 Å². The van der Waals surface area contributed by atoms with Crippen LogP contribution in [0.1, 0.15) is 54.8 Å². The number of hydrogen-bond acceptors (Lipinski definition) is 5. The summed E-state index contributed by atoms with van der Waals surface area (Å²) in [6.45, 7) is 5.87. The summed E-state index contributed by atoms with van der Waals surface area (Å²) in [5.74, 6) is -0.564. The number of hydrogen-bond donors (Lipinski definition) is 2. The quantitative estimate of drug-likeness (QED) is 0.509. The van der Waals surface area contributed by atoms with Gasteiger partial charge in [-0.05, 0) is 38.0 Å². The van der Waals surface area contributed by atoms with E-state index < -0.39 is 17.9 Å². The number of furan rings is 1.